The fourth-order valence-corrected chi connectivity index (χ4v) is 3.71. The molecule has 2 rings (SSSR count). The summed E-state index contributed by atoms with van der Waals surface area (Å²) in [6.07, 6.45) is 4.97. The summed E-state index contributed by atoms with van der Waals surface area (Å²) >= 11 is 0. The molecule has 1 aromatic heterocycles. The predicted octanol–water partition coefficient (Wildman–Crippen LogP) is 2.09. The second-order valence-corrected chi connectivity index (χ2v) is 8.75. The molecule has 162 valence electrons. The molecule has 2 atom stereocenters. The summed E-state index contributed by atoms with van der Waals surface area (Å²) in [6.45, 7) is 9.14. The van der Waals surface area contributed by atoms with Gasteiger partial charge >= 0.3 is 0 Å². The van der Waals surface area contributed by atoms with Crippen LogP contribution in [0.4, 0.5) is 0 Å². The van der Waals surface area contributed by atoms with E-state index in [1.54, 1.807) is 18.1 Å². The molecule has 2 unspecified atom stereocenters. The Labute approximate surface area is 175 Å². The monoisotopic (exact) mass is 403 g/mol. The number of likely N-dealkylation sites (N-methyl/N-ethyl adjacent to an activating group) is 1. The summed E-state index contributed by atoms with van der Waals surface area (Å²) in [5.41, 5.74) is 1.09. The lowest BCUT2D eigenvalue weighted by Gasteiger charge is -2.40. The van der Waals surface area contributed by atoms with E-state index in [-0.39, 0.29) is 24.0 Å². The molecule has 7 heteroatoms. The maximum Gasteiger partial charge on any atom is 0.241 e. The summed E-state index contributed by atoms with van der Waals surface area (Å²) in [5, 5.41) is 6.50. The zero-order valence-electron chi connectivity index (χ0n) is 18.6. The number of aliphatic imine (C=N–C) groups is 1. The van der Waals surface area contributed by atoms with Crippen LogP contribution in [-0.4, -0.2) is 68.2 Å². The summed E-state index contributed by atoms with van der Waals surface area (Å²) in [4.78, 5) is 22.7. The number of rotatable bonds is 7. The lowest BCUT2D eigenvalue weighted by Crippen LogP contribution is -2.49. The van der Waals surface area contributed by atoms with Gasteiger partial charge in [-0.1, -0.05) is 26.8 Å². The Morgan fingerprint density at radius 3 is 2.79 bits per heavy atom. The van der Waals surface area contributed by atoms with E-state index >= 15 is 0 Å². The molecule has 1 aromatic rings. The molecule has 0 aliphatic carbocycles. The van der Waals surface area contributed by atoms with Gasteiger partial charge in [-0.15, -0.1) is 0 Å². The van der Waals surface area contributed by atoms with Gasteiger partial charge in [0, 0.05) is 58.0 Å². The third-order valence-corrected chi connectivity index (χ3v) is 5.32. The predicted molar refractivity (Wildman–Crippen MR) is 117 cm³/mol. The number of ether oxygens (including phenoxy) is 1. The molecule has 0 spiro atoms. The lowest BCUT2D eigenvalue weighted by atomic mass is 9.78. The molecule has 0 saturated carbocycles. The zero-order valence-corrected chi connectivity index (χ0v) is 18.6. The van der Waals surface area contributed by atoms with Crippen molar-refractivity contribution in [3.63, 3.8) is 0 Å². The number of amides is 1. The van der Waals surface area contributed by atoms with E-state index in [4.69, 9.17) is 4.74 Å². The van der Waals surface area contributed by atoms with Crippen LogP contribution in [0.25, 0.3) is 0 Å². The molecule has 1 saturated heterocycles. The van der Waals surface area contributed by atoms with Gasteiger partial charge in [-0.25, -0.2) is 0 Å². The minimum atomic E-state index is 0.0254. The molecule has 29 heavy (non-hydrogen) atoms. The molecule has 1 aliphatic rings. The third kappa shape index (κ3) is 7.65. The lowest BCUT2D eigenvalue weighted by molar-refractivity contribution is -0.128. The summed E-state index contributed by atoms with van der Waals surface area (Å²) < 4.78 is 6.05. The van der Waals surface area contributed by atoms with Crippen molar-refractivity contribution in [2.75, 3.05) is 40.3 Å². The Hall–Kier alpha value is -2.15. The van der Waals surface area contributed by atoms with Crippen molar-refractivity contribution in [3.05, 3.63) is 30.1 Å². The number of aromatic nitrogens is 1. The fraction of sp³-hybridized carbons (Fsp3) is 0.682. The molecule has 1 amide bonds. The smallest absolute Gasteiger partial charge is 0.241 e. The van der Waals surface area contributed by atoms with Gasteiger partial charge in [0.05, 0.1) is 12.6 Å². The van der Waals surface area contributed by atoms with E-state index < -0.39 is 0 Å². The van der Waals surface area contributed by atoms with Crippen LogP contribution >= 0.6 is 0 Å². The van der Waals surface area contributed by atoms with Gasteiger partial charge in [0.1, 0.15) is 0 Å². The molecule has 1 fully saturated rings. The SMILES string of the molecule is CN=C(NCC(=O)N(C)CCc1ccccn1)NCC1CCCOC1C(C)(C)C. The number of nitrogens with one attached hydrogen (secondary N) is 2. The Morgan fingerprint density at radius 1 is 1.34 bits per heavy atom. The summed E-state index contributed by atoms with van der Waals surface area (Å²) in [6, 6.07) is 5.83. The van der Waals surface area contributed by atoms with Crippen molar-refractivity contribution in [1.29, 1.82) is 0 Å². The number of carbonyl (C=O) groups is 1. The number of pyridine rings is 1. The largest absolute Gasteiger partial charge is 0.377 e. The van der Waals surface area contributed by atoms with Gasteiger partial charge < -0.3 is 20.3 Å². The molecule has 0 radical (unpaired) electrons. The van der Waals surface area contributed by atoms with Gasteiger partial charge in [0.25, 0.3) is 0 Å². The maximum absolute atomic E-state index is 12.4. The van der Waals surface area contributed by atoms with Crippen LogP contribution in [-0.2, 0) is 16.0 Å². The topological polar surface area (TPSA) is 78.9 Å². The van der Waals surface area contributed by atoms with Crippen LogP contribution in [0.2, 0.25) is 0 Å². The third-order valence-electron chi connectivity index (χ3n) is 5.32. The maximum atomic E-state index is 12.4. The second-order valence-electron chi connectivity index (χ2n) is 8.75. The van der Waals surface area contributed by atoms with Crippen LogP contribution in [0, 0.1) is 11.3 Å². The first-order chi connectivity index (χ1) is 13.8. The van der Waals surface area contributed by atoms with Crippen LogP contribution in [0.15, 0.2) is 29.4 Å². The zero-order chi connectivity index (χ0) is 21.3. The second kappa shape index (κ2) is 11.1. The highest BCUT2D eigenvalue weighted by atomic mass is 16.5. The van der Waals surface area contributed by atoms with Crippen molar-refractivity contribution in [1.82, 2.24) is 20.5 Å². The first-order valence-corrected chi connectivity index (χ1v) is 10.5. The van der Waals surface area contributed by atoms with E-state index in [1.165, 1.54) is 0 Å². The van der Waals surface area contributed by atoms with Crippen LogP contribution in [0.1, 0.15) is 39.3 Å². The first-order valence-electron chi connectivity index (χ1n) is 10.5. The average Bonchev–Trinajstić information content (AvgIpc) is 2.72. The number of nitrogens with zero attached hydrogens (tertiary/aromatic N) is 3. The van der Waals surface area contributed by atoms with Crippen molar-refractivity contribution in [3.8, 4) is 0 Å². The van der Waals surface area contributed by atoms with E-state index in [9.17, 15) is 4.79 Å². The first kappa shape index (κ1) is 23.1. The standard InChI is InChI=1S/C22H37N5O2/c1-22(2,3)20-17(9-8-14-29-20)15-25-21(23-4)26-16-19(28)27(5)13-11-18-10-6-7-12-24-18/h6-7,10,12,17,20H,8-9,11,13-16H2,1-5H3,(H2,23,25,26). The van der Waals surface area contributed by atoms with Crippen molar-refractivity contribution < 1.29 is 9.53 Å². The minimum Gasteiger partial charge on any atom is -0.377 e. The Bertz CT molecular complexity index is 657. The highest BCUT2D eigenvalue weighted by Crippen LogP contribution is 2.33. The van der Waals surface area contributed by atoms with Crippen LogP contribution in [0.3, 0.4) is 0 Å². The fourth-order valence-electron chi connectivity index (χ4n) is 3.71. The molecule has 0 bridgehead atoms. The van der Waals surface area contributed by atoms with Crippen molar-refractivity contribution >= 4 is 11.9 Å². The van der Waals surface area contributed by atoms with E-state index in [1.807, 2.05) is 25.2 Å². The highest BCUT2D eigenvalue weighted by Gasteiger charge is 2.35. The van der Waals surface area contributed by atoms with Gasteiger partial charge in [-0.2, -0.15) is 0 Å². The molecular weight excluding hydrogens is 366 g/mol. The highest BCUT2D eigenvalue weighted by molar-refractivity contribution is 5.86. The van der Waals surface area contributed by atoms with Crippen molar-refractivity contribution in [2.24, 2.45) is 16.3 Å². The normalized spacial score (nSPS) is 20.2. The minimum absolute atomic E-state index is 0.0254. The molecular formula is C22H37N5O2. The number of hydrogen-bond donors (Lipinski definition) is 2. The molecule has 1 aliphatic heterocycles. The van der Waals surface area contributed by atoms with E-state index in [0.29, 0.717) is 18.4 Å². The van der Waals surface area contributed by atoms with Crippen LogP contribution < -0.4 is 10.6 Å². The number of hydrogen-bond acceptors (Lipinski definition) is 4. The summed E-state index contributed by atoms with van der Waals surface area (Å²) in [7, 11) is 3.54. The van der Waals surface area contributed by atoms with Crippen molar-refractivity contribution in [2.45, 2.75) is 46.1 Å². The van der Waals surface area contributed by atoms with Crippen LogP contribution in [0.5, 0.6) is 0 Å². The van der Waals surface area contributed by atoms with Gasteiger partial charge in [0.15, 0.2) is 5.96 Å². The quantitative estimate of drug-likeness (QED) is 0.538. The van der Waals surface area contributed by atoms with Gasteiger partial charge in [-0.3, -0.25) is 14.8 Å². The number of guanidine groups is 1. The molecule has 2 N–H and O–H groups in total. The van der Waals surface area contributed by atoms with E-state index in [0.717, 1.165) is 38.1 Å². The molecule has 7 nitrogen and oxygen atoms in total. The molecule has 0 aromatic carbocycles. The Morgan fingerprint density at radius 2 is 2.14 bits per heavy atom. The van der Waals surface area contributed by atoms with E-state index in [2.05, 4.69) is 41.4 Å². The average molecular weight is 404 g/mol. The van der Waals surface area contributed by atoms with Gasteiger partial charge in [0.2, 0.25) is 5.91 Å². The van der Waals surface area contributed by atoms with Gasteiger partial charge in [-0.05, 0) is 30.4 Å². The number of carbonyl (C=O) groups excluding carboxylic acids is 1. The molecule has 2 heterocycles. The Balaban J connectivity index is 1.75. The summed E-state index contributed by atoms with van der Waals surface area (Å²) in [5.74, 6) is 1.10. The Kier molecular flexibility index (Phi) is 8.89.